The Labute approximate surface area is 120 Å². The molecule has 0 aromatic carbocycles. The van der Waals surface area contributed by atoms with Gasteiger partial charge in [-0.3, -0.25) is 0 Å². The summed E-state index contributed by atoms with van der Waals surface area (Å²) < 4.78 is 27.0. The summed E-state index contributed by atoms with van der Waals surface area (Å²) >= 11 is 0. The summed E-state index contributed by atoms with van der Waals surface area (Å²) in [6.45, 7) is 3.99. The number of hydrogen-bond acceptors (Lipinski definition) is 5. The Hall–Kier alpha value is -1.25. The molecule has 0 unspecified atom stereocenters. The lowest BCUT2D eigenvalue weighted by atomic mass is 10.4. The van der Waals surface area contributed by atoms with Crippen molar-refractivity contribution in [2.24, 2.45) is 0 Å². The maximum absolute atomic E-state index is 11.7. The van der Waals surface area contributed by atoms with E-state index in [1.807, 2.05) is 13.0 Å². The van der Waals surface area contributed by atoms with Gasteiger partial charge >= 0.3 is 0 Å². The Morgan fingerprint density at radius 2 is 1.95 bits per heavy atom. The summed E-state index contributed by atoms with van der Waals surface area (Å²) in [4.78, 5) is 10.9. The van der Waals surface area contributed by atoms with E-state index in [1.165, 1.54) is 26.9 Å². The molecule has 1 aromatic heterocycles. The SMILES string of the molecule is Cc1cc(N2CCCC2)nc(CNS(=O)(=O)N(C)C)n1. The molecular formula is C12H21N5O2S. The molecule has 20 heavy (non-hydrogen) atoms. The molecule has 0 atom stereocenters. The zero-order chi connectivity index (χ0) is 14.8. The summed E-state index contributed by atoms with van der Waals surface area (Å²) in [7, 11) is -0.489. The molecule has 1 aliphatic heterocycles. The first-order valence-corrected chi connectivity index (χ1v) is 8.09. The van der Waals surface area contributed by atoms with E-state index in [0.717, 1.165) is 28.9 Å². The molecule has 1 fully saturated rings. The van der Waals surface area contributed by atoms with Gasteiger partial charge in [-0.1, -0.05) is 0 Å². The second kappa shape index (κ2) is 6.02. The fourth-order valence-electron chi connectivity index (χ4n) is 2.08. The first-order valence-electron chi connectivity index (χ1n) is 6.65. The van der Waals surface area contributed by atoms with Crippen LogP contribution >= 0.6 is 0 Å². The largest absolute Gasteiger partial charge is 0.357 e. The van der Waals surface area contributed by atoms with E-state index in [2.05, 4.69) is 19.6 Å². The smallest absolute Gasteiger partial charge is 0.279 e. The first kappa shape index (κ1) is 15.1. The van der Waals surface area contributed by atoms with E-state index >= 15 is 0 Å². The van der Waals surface area contributed by atoms with Gasteiger partial charge in [0.1, 0.15) is 11.6 Å². The van der Waals surface area contributed by atoms with Crippen molar-refractivity contribution in [3.8, 4) is 0 Å². The van der Waals surface area contributed by atoms with Crippen LogP contribution in [0.3, 0.4) is 0 Å². The Morgan fingerprint density at radius 3 is 2.55 bits per heavy atom. The molecule has 1 aliphatic rings. The quantitative estimate of drug-likeness (QED) is 0.845. The molecule has 1 N–H and O–H groups in total. The van der Waals surface area contributed by atoms with Gasteiger partial charge in [-0.15, -0.1) is 0 Å². The van der Waals surface area contributed by atoms with Crippen molar-refractivity contribution < 1.29 is 8.42 Å². The van der Waals surface area contributed by atoms with Crippen LogP contribution in [-0.4, -0.2) is 49.9 Å². The molecule has 112 valence electrons. The van der Waals surface area contributed by atoms with Crippen molar-refractivity contribution in [3.05, 3.63) is 17.6 Å². The van der Waals surface area contributed by atoms with Gasteiger partial charge in [0, 0.05) is 38.9 Å². The Morgan fingerprint density at radius 1 is 1.30 bits per heavy atom. The number of aromatic nitrogens is 2. The lowest BCUT2D eigenvalue weighted by molar-refractivity contribution is 0.503. The first-order chi connectivity index (χ1) is 9.38. The molecule has 2 heterocycles. The minimum Gasteiger partial charge on any atom is -0.357 e. The lowest BCUT2D eigenvalue weighted by Crippen LogP contribution is -2.35. The highest BCUT2D eigenvalue weighted by molar-refractivity contribution is 7.87. The fourth-order valence-corrected chi connectivity index (χ4v) is 2.65. The molecule has 2 rings (SSSR count). The summed E-state index contributed by atoms with van der Waals surface area (Å²) in [5, 5.41) is 0. The second-order valence-electron chi connectivity index (χ2n) is 5.09. The average Bonchev–Trinajstić information content (AvgIpc) is 2.89. The standard InChI is InChI=1S/C12H21N5O2S/c1-10-8-12(17-6-4-5-7-17)15-11(14-10)9-13-20(18,19)16(2)3/h8,13H,4-7,9H2,1-3H3. The summed E-state index contributed by atoms with van der Waals surface area (Å²) in [5.74, 6) is 1.38. The highest BCUT2D eigenvalue weighted by Gasteiger charge is 2.17. The van der Waals surface area contributed by atoms with Crippen molar-refractivity contribution in [1.29, 1.82) is 0 Å². The molecule has 0 bridgehead atoms. The van der Waals surface area contributed by atoms with Gasteiger partial charge < -0.3 is 4.90 Å². The van der Waals surface area contributed by atoms with Crippen molar-refractivity contribution >= 4 is 16.0 Å². The van der Waals surface area contributed by atoms with Gasteiger partial charge in [0.2, 0.25) is 0 Å². The molecule has 0 saturated carbocycles. The van der Waals surface area contributed by atoms with Crippen LogP contribution in [-0.2, 0) is 16.8 Å². The number of anilines is 1. The number of rotatable bonds is 5. The van der Waals surface area contributed by atoms with Gasteiger partial charge in [0.25, 0.3) is 10.2 Å². The Bertz CT molecular complexity index is 567. The number of nitrogens with one attached hydrogen (secondary N) is 1. The minimum atomic E-state index is -3.45. The highest BCUT2D eigenvalue weighted by Crippen LogP contribution is 2.18. The molecule has 0 spiro atoms. The van der Waals surface area contributed by atoms with Crippen LogP contribution in [0, 0.1) is 6.92 Å². The van der Waals surface area contributed by atoms with Crippen LogP contribution < -0.4 is 9.62 Å². The highest BCUT2D eigenvalue weighted by atomic mass is 32.2. The molecule has 0 radical (unpaired) electrons. The molecule has 7 nitrogen and oxygen atoms in total. The van der Waals surface area contributed by atoms with E-state index in [4.69, 9.17) is 0 Å². The zero-order valence-corrected chi connectivity index (χ0v) is 12.9. The van der Waals surface area contributed by atoms with Crippen molar-refractivity contribution in [2.75, 3.05) is 32.1 Å². The van der Waals surface area contributed by atoms with E-state index in [1.54, 1.807) is 0 Å². The fraction of sp³-hybridized carbons (Fsp3) is 0.667. The summed E-state index contributed by atoms with van der Waals surface area (Å²) in [6, 6.07) is 1.94. The topological polar surface area (TPSA) is 78.4 Å². The molecular weight excluding hydrogens is 278 g/mol. The number of nitrogens with zero attached hydrogens (tertiary/aromatic N) is 4. The van der Waals surface area contributed by atoms with E-state index in [9.17, 15) is 8.42 Å². The predicted molar refractivity (Wildman–Crippen MR) is 77.7 cm³/mol. The van der Waals surface area contributed by atoms with Crippen LogP contribution in [0.4, 0.5) is 5.82 Å². The van der Waals surface area contributed by atoms with Gasteiger partial charge in [-0.2, -0.15) is 17.4 Å². The molecule has 0 aliphatic carbocycles. The monoisotopic (exact) mass is 299 g/mol. The number of aryl methyl sites for hydroxylation is 1. The Balaban J connectivity index is 2.12. The van der Waals surface area contributed by atoms with Crippen LogP contribution in [0.15, 0.2) is 6.07 Å². The predicted octanol–water partition coefficient (Wildman–Crippen LogP) is 0.281. The van der Waals surface area contributed by atoms with E-state index in [-0.39, 0.29) is 6.54 Å². The maximum atomic E-state index is 11.7. The third-order valence-electron chi connectivity index (χ3n) is 3.21. The third-order valence-corrected chi connectivity index (χ3v) is 4.68. The number of hydrogen-bond donors (Lipinski definition) is 1. The minimum absolute atomic E-state index is 0.100. The Kier molecular flexibility index (Phi) is 4.56. The van der Waals surface area contributed by atoms with Crippen molar-refractivity contribution in [2.45, 2.75) is 26.3 Å². The van der Waals surface area contributed by atoms with Crippen LogP contribution in [0.1, 0.15) is 24.4 Å². The van der Waals surface area contributed by atoms with Gasteiger partial charge in [-0.05, 0) is 19.8 Å². The normalized spacial score (nSPS) is 16.1. The zero-order valence-electron chi connectivity index (χ0n) is 12.1. The van der Waals surface area contributed by atoms with Crippen LogP contribution in [0.25, 0.3) is 0 Å². The van der Waals surface area contributed by atoms with Gasteiger partial charge in [-0.25, -0.2) is 9.97 Å². The average molecular weight is 299 g/mol. The molecule has 0 amide bonds. The van der Waals surface area contributed by atoms with Gasteiger partial charge in [0.15, 0.2) is 0 Å². The van der Waals surface area contributed by atoms with E-state index < -0.39 is 10.2 Å². The lowest BCUT2D eigenvalue weighted by Gasteiger charge is -2.18. The molecule has 1 aromatic rings. The van der Waals surface area contributed by atoms with Crippen molar-refractivity contribution in [3.63, 3.8) is 0 Å². The third kappa shape index (κ3) is 3.65. The summed E-state index contributed by atoms with van der Waals surface area (Å²) in [6.07, 6.45) is 2.34. The maximum Gasteiger partial charge on any atom is 0.279 e. The van der Waals surface area contributed by atoms with E-state index in [0.29, 0.717) is 5.82 Å². The van der Waals surface area contributed by atoms with Gasteiger partial charge in [0.05, 0.1) is 6.54 Å². The van der Waals surface area contributed by atoms with Crippen LogP contribution in [0.5, 0.6) is 0 Å². The van der Waals surface area contributed by atoms with Crippen LogP contribution in [0.2, 0.25) is 0 Å². The summed E-state index contributed by atoms with van der Waals surface area (Å²) in [5.41, 5.74) is 0.848. The molecule has 1 saturated heterocycles. The second-order valence-corrected chi connectivity index (χ2v) is 7.06. The molecule has 8 heteroatoms. The van der Waals surface area contributed by atoms with Crippen molar-refractivity contribution in [1.82, 2.24) is 19.0 Å².